The molecule has 0 spiro atoms. The third-order valence-corrected chi connectivity index (χ3v) is 3.85. The molecule has 0 saturated heterocycles. The summed E-state index contributed by atoms with van der Waals surface area (Å²) in [5.74, 6) is -0.832. The Hall–Kier alpha value is -1.84. The molecule has 0 saturated carbocycles. The molecule has 1 aliphatic rings. The molecule has 0 aliphatic carbocycles. The van der Waals surface area contributed by atoms with Crippen LogP contribution in [-0.4, -0.2) is 23.5 Å². The summed E-state index contributed by atoms with van der Waals surface area (Å²) in [6.07, 6.45) is 0.836. The summed E-state index contributed by atoms with van der Waals surface area (Å²) in [5.41, 5.74) is 4.33. The van der Waals surface area contributed by atoms with Gasteiger partial charge in [-0.2, -0.15) is 0 Å². The Morgan fingerprint density at radius 1 is 1.37 bits per heavy atom. The van der Waals surface area contributed by atoms with Crippen molar-refractivity contribution < 1.29 is 14.7 Å². The number of carbonyl (C=O) groups is 2. The molecule has 1 aromatic rings. The van der Waals surface area contributed by atoms with Crippen LogP contribution in [0.3, 0.4) is 0 Å². The fourth-order valence-electron chi connectivity index (χ4n) is 2.79. The van der Waals surface area contributed by atoms with E-state index in [0.717, 1.165) is 28.8 Å². The van der Waals surface area contributed by atoms with E-state index in [9.17, 15) is 9.59 Å². The standard InChI is InChI=1S/C15H19NO3/c1-9-4-5-13-6-12(7-14(18)19)8-16(11(3)17)15(13)10(9)2/h4-5,12H,6-8H2,1-3H3,(H,18,19). The fraction of sp³-hybridized carbons (Fsp3) is 0.467. The predicted molar refractivity (Wildman–Crippen MR) is 73.4 cm³/mol. The highest BCUT2D eigenvalue weighted by Crippen LogP contribution is 2.35. The van der Waals surface area contributed by atoms with Crippen LogP contribution >= 0.6 is 0 Å². The van der Waals surface area contributed by atoms with Gasteiger partial charge < -0.3 is 10.0 Å². The summed E-state index contributed by atoms with van der Waals surface area (Å²) in [7, 11) is 0. The van der Waals surface area contributed by atoms with Gasteiger partial charge in [0.1, 0.15) is 0 Å². The third-order valence-electron chi connectivity index (χ3n) is 3.85. The topological polar surface area (TPSA) is 57.6 Å². The fourth-order valence-corrected chi connectivity index (χ4v) is 2.79. The van der Waals surface area contributed by atoms with Crippen molar-refractivity contribution in [3.63, 3.8) is 0 Å². The van der Waals surface area contributed by atoms with E-state index in [1.165, 1.54) is 6.92 Å². The van der Waals surface area contributed by atoms with Crippen LogP contribution in [0.4, 0.5) is 5.69 Å². The van der Waals surface area contributed by atoms with Gasteiger partial charge in [0.15, 0.2) is 0 Å². The number of hydrogen-bond donors (Lipinski definition) is 1. The monoisotopic (exact) mass is 261 g/mol. The van der Waals surface area contributed by atoms with E-state index >= 15 is 0 Å². The number of hydrogen-bond acceptors (Lipinski definition) is 2. The lowest BCUT2D eigenvalue weighted by Gasteiger charge is -2.35. The van der Waals surface area contributed by atoms with Gasteiger partial charge in [-0.1, -0.05) is 12.1 Å². The van der Waals surface area contributed by atoms with Crippen molar-refractivity contribution in [3.8, 4) is 0 Å². The van der Waals surface area contributed by atoms with Crippen LogP contribution in [0.25, 0.3) is 0 Å². The number of carboxylic acid groups (broad SMARTS) is 1. The third kappa shape index (κ3) is 2.62. The highest BCUT2D eigenvalue weighted by Gasteiger charge is 2.29. The van der Waals surface area contributed by atoms with Crippen LogP contribution < -0.4 is 4.90 Å². The molecule has 1 N–H and O–H groups in total. The van der Waals surface area contributed by atoms with Crippen LogP contribution in [0.5, 0.6) is 0 Å². The number of aliphatic carboxylic acids is 1. The minimum absolute atomic E-state index is 0.00370. The van der Waals surface area contributed by atoms with Crippen molar-refractivity contribution in [3.05, 3.63) is 28.8 Å². The Labute approximate surface area is 113 Å². The summed E-state index contributed by atoms with van der Waals surface area (Å²) in [6.45, 7) is 6.08. The van der Waals surface area contributed by atoms with E-state index in [-0.39, 0.29) is 18.2 Å². The average Bonchev–Trinajstić information content (AvgIpc) is 2.32. The zero-order chi connectivity index (χ0) is 14.2. The highest BCUT2D eigenvalue weighted by molar-refractivity contribution is 5.94. The lowest BCUT2D eigenvalue weighted by molar-refractivity contribution is -0.138. The Morgan fingerprint density at radius 2 is 2.05 bits per heavy atom. The second-order valence-corrected chi connectivity index (χ2v) is 5.31. The molecule has 1 unspecified atom stereocenters. The molecule has 0 aromatic heterocycles. The predicted octanol–water partition coefficient (Wildman–Crippen LogP) is 2.30. The number of nitrogens with zero attached hydrogens (tertiary/aromatic N) is 1. The molecular weight excluding hydrogens is 242 g/mol. The summed E-state index contributed by atoms with van der Waals surface area (Å²) < 4.78 is 0. The first-order valence-corrected chi connectivity index (χ1v) is 6.49. The minimum Gasteiger partial charge on any atom is -0.481 e. The molecule has 19 heavy (non-hydrogen) atoms. The Balaban J connectivity index is 2.43. The van der Waals surface area contributed by atoms with Crippen molar-refractivity contribution >= 4 is 17.6 Å². The molecule has 0 radical (unpaired) electrons. The van der Waals surface area contributed by atoms with Crippen LogP contribution in [0.2, 0.25) is 0 Å². The van der Waals surface area contributed by atoms with Crippen LogP contribution in [0, 0.1) is 19.8 Å². The number of amides is 1. The maximum atomic E-state index is 11.8. The lowest BCUT2D eigenvalue weighted by Crippen LogP contribution is -2.40. The van der Waals surface area contributed by atoms with Crippen LogP contribution in [0.1, 0.15) is 30.0 Å². The summed E-state index contributed by atoms with van der Waals surface area (Å²) in [6, 6.07) is 4.05. The summed E-state index contributed by atoms with van der Waals surface area (Å²) in [5, 5.41) is 8.93. The van der Waals surface area contributed by atoms with Crippen molar-refractivity contribution in [2.24, 2.45) is 5.92 Å². The Morgan fingerprint density at radius 3 is 2.63 bits per heavy atom. The normalized spacial score (nSPS) is 18.1. The van der Waals surface area contributed by atoms with Crippen molar-refractivity contribution in [1.29, 1.82) is 0 Å². The van der Waals surface area contributed by atoms with Crippen molar-refractivity contribution in [2.45, 2.75) is 33.6 Å². The summed E-state index contributed by atoms with van der Waals surface area (Å²) in [4.78, 5) is 24.4. The van der Waals surface area contributed by atoms with Gasteiger partial charge in [-0.25, -0.2) is 0 Å². The van der Waals surface area contributed by atoms with Gasteiger partial charge in [0.2, 0.25) is 5.91 Å². The first kappa shape index (κ1) is 13.6. The zero-order valence-electron chi connectivity index (χ0n) is 11.6. The van der Waals surface area contributed by atoms with Gasteiger partial charge in [0.05, 0.1) is 6.42 Å². The number of fused-ring (bicyclic) bond motifs is 1. The van der Waals surface area contributed by atoms with Crippen molar-refractivity contribution in [1.82, 2.24) is 0 Å². The van der Waals surface area contributed by atoms with Gasteiger partial charge in [-0.3, -0.25) is 9.59 Å². The molecular formula is C15H19NO3. The van der Waals surface area contributed by atoms with Gasteiger partial charge in [-0.15, -0.1) is 0 Å². The number of carbonyl (C=O) groups excluding carboxylic acids is 1. The molecule has 1 atom stereocenters. The summed E-state index contributed by atoms with van der Waals surface area (Å²) >= 11 is 0. The molecule has 2 rings (SSSR count). The lowest BCUT2D eigenvalue weighted by atomic mass is 9.87. The van der Waals surface area contributed by atoms with E-state index in [2.05, 4.69) is 0 Å². The van der Waals surface area contributed by atoms with E-state index in [0.29, 0.717) is 6.54 Å². The number of benzene rings is 1. The quantitative estimate of drug-likeness (QED) is 0.888. The second-order valence-electron chi connectivity index (χ2n) is 5.31. The van der Waals surface area contributed by atoms with E-state index < -0.39 is 5.97 Å². The maximum absolute atomic E-state index is 11.8. The number of aryl methyl sites for hydroxylation is 1. The maximum Gasteiger partial charge on any atom is 0.303 e. The van der Waals surface area contributed by atoms with E-state index in [1.54, 1.807) is 4.90 Å². The smallest absolute Gasteiger partial charge is 0.303 e. The van der Waals surface area contributed by atoms with Crippen molar-refractivity contribution in [2.75, 3.05) is 11.4 Å². The average molecular weight is 261 g/mol. The highest BCUT2D eigenvalue weighted by atomic mass is 16.4. The molecule has 1 aliphatic heterocycles. The zero-order valence-corrected chi connectivity index (χ0v) is 11.6. The largest absolute Gasteiger partial charge is 0.481 e. The molecule has 102 valence electrons. The van der Waals surface area contributed by atoms with Gasteiger partial charge in [-0.05, 0) is 42.9 Å². The van der Waals surface area contributed by atoms with E-state index in [1.807, 2.05) is 26.0 Å². The molecule has 4 nitrogen and oxygen atoms in total. The van der Waals surface area contributed by atoms with Gasteiger partial charge in [0.25, 0.3) is 0 Å². The SMILES string of the molecule is CC(=O)N1CC(CC(=O)O)Cc2ccc(C)c(C)c21. The Kier molecular flexibility index (Phi) is 3.60. The molecule has 1 heterocycles. The molecule has 4 heteroatoms. The molecule has 1 aromatic carbocycles. The first-order chi connectivity index (χ1) is 8.90. The van der Waals surface area contributed by atoms with E-state index in [4.69, 9.17) is 5.11 Å². The molecule has 1 amide bonds. The molecule has 0 bridgehead atoms. The number of carboxylic acids is 1. The second kappa shape index (κ2) is 5.03. The molecule has 0 fully saturated rings. The number of anilines is 1. The van der Waals surface area contributed by atoms with Crippen LogP contribution in [0.15, 0.2) is 12.1 Å². The van der Waals surface area contributed by atoms with Gasteiger partial charge >= 0.3 is 5.97 Å². The Bertz CT molecular complexity index is 536. The van der Waals surface area contributed by atoms with Crippen LogP contribution in [-0.2, 0) is 16.0 Å². The van der Waals surface area contributed by atoms with Gasteiger partial charge in [0, 0.05) is 19.2 Å². The minimum atomic E-state index is -0.805. The first-order valence-electron chi connectivity index (χ1n) is 6.49. The number of rotatable bonds is 2.